The maximum absolute atomic E-state index is 12.3. The molecule has 0 aliphatic carbocycles. The SMILES string of the molecule is O=C(Nc1nccs1)c1ccc(-n2ncc3cc(Nc4ccccc4Cl)ccc32)nc1. The first-order chi connectivity index (χ1) is 15.2. The summed E-state index contributed by atoms with van der Waals surface area (Å²) < 4.78 is 1.73. The maximum Gasteiger partial charge on any atom is 0.259 e. The molecule has 152 valence electrons. The van der Waals surface area contributed by atoms with Crippen LogP contribution in [-0.4, -0.2) is 25.7 Å². The first-order valence-electron chi connectivity index (χ1n) is 9.34. The van der Waals surface area contributed by atoms with Crippen LogP contribution in [0.25, 0.3) is 16.7 Å². The van der Waals surface area contributed by atoms with E-state index in [9.17, 15) is 4.79 Å². The molecule has 0 unspecified atom stereocenters. The Balaban J connectivity index is 1.38. The first kappa shape index (κ1) is 19.2. The number of halogens is 1. The van der Waals surface area contributed by atoms with Crippen LogP contribution in [0.2, 0.25) is 5.02 Å². The summed E-state index contributed by atoms with van der Waals surface area (Å²) in [5, 5.41) is 14.5. The van der Waals surface area contributed by atoms with Gasteiger partial charge < -0.3 is 5.32 Å². The normalized spacial score (nSPS) is 10.9. The zero-order valence-corrected chi connectivity index (χ0v) is 17.6. The highest BCUT2D eigenvalue weighted by Crippen LogP contribution is 2.27. The molecule has 5 rings (SSSR count). The molecule has 2 aromatic carbocycles. The van der Waals surface area contributed by atoms with Gasteiger partial charge in [0, 0.05) is 28.8 Å². The molecule has 0 bridgehead atoms. The highest BCUT2D eigenvalue weighted by atomic mass is 35.5. The van der Waals surface area contributed by atoms with Gasteiger partial charge in [-0.1, -0.05) is 23.7 Å². The van der Waals surface area contributed by atoms with Gasteiger partial charge in [0.25, 0.3) is 5.91 Å². The molecule has 9 heteroatoms. The molecule has 1 amide bonds. The molecule has 0 spiro atoms. The lowest BCUT2D eigenvalue weighted by molar-refractivity contribution is 0.102. The third kappa shape index (κ3) is 3.98. The largest absolute Gasteiger partial charge is 0.354 e. The minimum atomic E-state index is -0.255. The summed E-state index contributed by atoms with van der Waals surface area (Å²) in [6, 6.07) is 17.0. The topological polar surface area (TPSA) is 84.7 Å². The van der Waals surface area contributed by atoms with Crippen molar-refractivity contribution < 1.29 is 4.79 Å². The lowest BCUT2D eigenvalue weighted by Gasteiger charge is -2.09. The Kier molecular flexibility index (Phi) is 5.07. The Hall–Kier alpha value is -3.75. The molecule has 7 nitrogen and oxygen atoms in total. The molecular formula is C22H15ClN6OS. The number of benzene rings is 2. The molecule has 0 aliphatic heterocycles. The molecule has 0 aliphatic rings. The van der Waals surface area contributed by atoms with Gasteiger partial charge in [-0.3, -0.25) is 10.1 Å². The quantitative estimate of drug-likeness (QED) is 0.371. The number of hydrogen-bond donors (Lipinski definition) is 2. The first-order valence-corrected chi connectivity index (χ1v) is 10.6. The predicted octanol–water partition coefficient (Wildman–Crippen LogP) is 5.53. The Morgan fingerprint density at radius 3 is 2.71 bits per heavy atom. The van der Waals surface area contributed by atoms with E-state index in [0.717, 1.165) is 22.3 Å². The molecule has 31 heavy (non-hydrogen) atoms. The van der Waals surface area contributed by atoms with Gasteiger partial charge in [0.1, 0.15) is 0 Å². The summed E-state index contributed by atoms with van der Waals surface area (Å²) in [5.74, 6) is 0.363. The van der Waals surface area contributed by atoms with Gasteiger partial charge in [0.15, 0.2) is 10.9 Å². The minimum Gasteiger partial charge on any atom is -0.354 e. The van der Waals surface area contributed by atoms with Crippen molar-refractivity contribution in [3.63, 3.8) is 0 Å². The van der Waals surface area contributed by atoms with E-state index in [-0.39, 0.29) is 5.91 Å². The van der Waals surface area contributed by atoms with Crippen molar-refractivity contribution in [2.45, 2.75) is 0 Å². The lowest BCUT2D eigenvalue weighted by atomic mass is 10.2. The number of nitrogens with one attached hydrogen (secondary N) is 2. The van der Waals surface area contributed by atoms with E-state index in [2.05, 4.69) is 25.7 Å². The number of thiazole rings is 1. The van der Waals surface area contributed by atoms with Crippen LogP contribution in [0.4, 0.5) is 16.5 Å². The van der Waals surface area contributed by atoms with Gasteiger partial charge in [-0.25, -0.2) is 14.6 Å². The number of aromatic nitrogens is 4. The number of amides is 1. The standard InChI is InChI=1S/C22H15ClN6OS/c23-17-3-1-2-4-18(17)27-16-6-7-19-15(11-16)13-26-29(19)20-8-5-14(12-25-20)21(30)28-22-24-9-10-31-22/h1-13,27H,(H,24,28,30). The fraction of sp³-hybridized carbons (Fsp3) is 0. The van der Waals surface area contributed by atoms with Crippen molar-refractivity contribution in [2.24, 2.45) is 0 Å². The second-order valence-corrected chi connectivity index (χ2v) is 7.93. The van der Waals surface area contributed by atoms with E-state index < -0.39 is 0 Å². The van der Waals surface area contributed by atoms with Gasteiger partial charge in [0.2, 0.25) is 0 Å². The smallest absolute Gasteiger partial charge is 0.259 e. The maximum atomic E-state index is 12.3. The zero-order valence-electron chi connectivity index (χ0n) is 16.0. The number of rotatable bonds is 5. The van der Waals surface area contributed by atoms with Gasteiger partial charge in [-0.15, -0.1) is 11.3 Å². The van der Waals surface area contributed by atoms with Crippen molar-refractivity contribution in [3.8, 4) is 5.82 Å². The molecule has 3 aromatic heterocycles. The van der Waals surface area contributed by atoms with Crippen LogP contribution in [-0.2, 0) is 0 Å². The Morgan fingerprint density at radius 1 is 1.03 bits per heavy atom. The highest BCUT2D eigenvalue weighted by Gasteiger charge is 2.11. The summed E-state index contributed by atoms with van der Waals surface area (Å²) in [5.41, 5.74) is 3.09. The van der Waals surface area contributed by atoms with Crippen LogP contribution < -0.4 is 10.6 Å². The van der Waals surface area contributed by atoms with Gasteiger partial charge in [-0.2, -0.15) is 5.10 Å². The number of hydrogen-bond acceptors (Lipinski definition) is 6. The third-order valence-corrected chi connectivity index (χ3v) is 5.62. The molecule has 5 aromatic rings. The average molecular weight is 447 g/mol. The van der Waals surface area contributed by atoms with Crippen LogP contribution in [0.15, 0.2) is 78.6 Å². The second kappa shape index (κ2) is 8.17. The number of nitrogens with zero attached hydrogens (tertiary/aromatic N) is 4. The average Bonchev–Trinajstić information content (AvgIpc) is 3.45. The van der Waals surface area contributed by atoms with Crippen molar-refractivity contribution >= 4 is 56.3 Å². The zero-order chi connectivity index (χ0) is 21.2. The summed E-state index contributed by atoms with van der Waals surface area (Å²) >= 11 is 7.59. The number of para-hydroxylation sites is 1. The predicted molar refractivity (Wildman–Crippen MR) is 124 cm³/mol. The number of carbonyl (C=O) groups is 1. The van der Waals surface area contributed by atoms with Gasteiger partial charge in [-0.05, 0) is 42.5 Å². The lowest BCUT2D eigenvalue weighted by Crippen LogP contribution is -2.12. The van der Waals surface area contributed by atoms with Crippen LogP contribution in [0, 0.1) is 0 Å². The fourth-order valence-electron chi connectivity index (χ4n) is 3.11. The second-order valence-electron chi connectivity index (χ2n) is 6.63. The summed E-state index contributed by atoms with van der Waals surface area (Å²) in [6.07, 6.45) is 4.94. The molecular weight excluding hydrogens is 432 g/mol. The molecule has 0 radical (unpaired) electrons. The van der Waals surface area contributed by atoms with Crippen molar-refractivity contribution in [2.75, 3.05) is 10.6 Å². The Morgan fingerprint density at radius 2 is 1.94 bits per heavy atom. The summed E-state index contributed by atoms with van der Waals surface area (Å²) in [7, 11) is 0. The van der Waals surface area contributed by atoms with Crippen molar-refractivity contribution in [1.82, 2.24) is 19.7 Å². The third-order valence-electron chi connectivity index (χ3n) is 4.60. The van der Waals surface area contributed by atoms with Gasteiger partial charge in [0.05, 0.1) is 28.0 Å². The van der Waals surface area contributed by atoms with E-state index in [4.69, 9.17) is 11.6 Å². The summed E-state index contributed by atoms with van der Waals surface area (Å²) in [4.78, 5) is 20.8. The fourth-order valence-corrected chi connectivity index (χ4v) is 3.82. The van der Waals surface area contributed by atoms with Crippen LogP contribution in [0.1, 0.15) is 10.4 Å². The Bertz CT molecular complexity index is 1360. The highest BCUT2D eigenvalue weighted by molar-refractivity contribution is 7.13. The summed E-state index contributed by atoms with van der Waals surface area (Å²) in [6.45, 7) is 0. The van der Waals surface area contributed by atoms with Crippen LogP contribution in [0.3, 0.4) is 0 Å². The Labute approximate surface area is 186 Å². The number of anilines is 3. The van der Waals surface area contributed by atoms with Crippen molar-refractivity contribution in [1.29, 1.82) is 0 Å². The van der Waals surface area contributed by atoms with Gasteiger partial charge >= 0.3 is 0 Å². The van der Waals surface area contributed by atoms with E-state index in [1.165, 1.54) is 17.5 Å². The van der Waals surface area contributed by atoms with E-state index >= 15 is 0 Å². The minimum absolute atomic E-state index is 0.255. The molecule has 0 fully saturated rings. The molecule has 3 heterocycles. The number of fused-ring (bicyclic) bond motifs is 1. The van der Waals surface area contributed by atoms with Crippen LogP contribution >= 0.6 is 22.9 Å². The van der Waals surface area contributed by atoms with Crippen LogP contribution in [0.5, 0.6) is 0 Å². The van der Waals surface area contributed by atoms with E-state index in [1.807, 2.05) is 42.5 Å². The van der Waals surface area contributed by atoms with Crippen molar-refractivity contribution in [3.05, 3.63) is 89.2 Å². The number of pyridine rings is 1. The molecule has 0 saturated carbocycles. The molecule has 2 N–H and O–H groups in total. The molecule has 0 saturated heterocycles. The monoisotopic (exact) mass is 446 g/mol. The number of carbonyl (C=O) groups excluding carboxylic acids is 1. The van der Waals surface area contributed by atoms with E-state index in [0.29, 0.717) is 21.5 Å². The van der Waals surface area contributed by atoms with E-state index in [1.54, 1.807) is 34.6 Å². The molecule has 0 atom stereocenters.